The van der Waals surface area contributed by atoms with Crippen LogP contribution in [0.5, 0.6) is 0 Å². The zero-order valence-electron chi connectivity index (χ0n) is 9.77. The molecule has 2 aromatic heterocycles. The highest BCUT2D eigenvalue weighted by Gasteiger charge is 2.15. The Morgan fingerprint density at radius 1 is 0.895 bits per heavy atom. The lowest BCUT2D eigenvalue weighted by atomic mass is 10.2. The van der Waals surface area contributed by atoms with Gasteiger partial charge in [0.2, 0.25) is 0 Å². The second kappa shape index (κ2) is 3.86. The molecule has 0 N–H and O–H groups in total. The Morgan fingerprint density at radius 2 is 1.58 bits per heavy atom. The molecule has 0 bridgehead atoms. The van der Waals surface area contributed by atoms with Gasteiger partial charge in [-0.2, -0.15) is 0 Å². The number of benzene rings is 2. The van der Waals surface area contributed by atoms with Crippen LogP contribution < -0.4 is 0 Å². The molecule has 2 aromatic carbocycles. The molecule has 0 saturated heterocycles. The second-order valence-electron chi connectivity index (χ2n) is 4.44. The maximum atomic E-state index is 6.51. The SMILES string of the molecule is Clc1c2ccccc2nc2c3ccccc3n(Cl)c12. The van der Waals surface area contributed by atoms with Gasteiger partial charge in [0.05, 0.1) is 21.6 Å². The predicted molar refractivity (Wildman–Crippen MR) is 81.0 cm³/mol. The second-order valence-corrected chi connectivity index (χ2v) is 5.15. The molecule has 0 fully saturated rings. The molecule has 4 rings (SSSR count). The quantitative estimate of drug-likeness (QED) is 0.445. The van der Waals surface area contributed by atoms with Crippen LogP contribution >= 0.6 is 23.4 Å². The van der Waals surface area contributed by atoms with Crippen LogP contribution in [0.2, 0.25) is 5.02 Å². The molecule has 0 amide bonds. The van der Waals surface area contributed by atoms with Gasteiger partial charge in [-0.05, 0) is 12.1 Å². The average Bonchev–Trinajstić information content (AvgIpc) is 2.74. The van der Waals surface area contributed by atoms with E-state index in [2.05, 4.69) is 0 Å². The maximum Gasteiger partial charge on any atom is 0.104 e. The van der Waals surface area contributed by atoms with Crippen LogP contribution in [0, 0.1) is 0 Å². The highest BCUT2D eigenvalue weighted by atomic mass is 35.5. The van der Waals surface area contributed by atoms with Crippen molar-refractivity contribution in [2.24, 2.45) is 0 Å². The van der Waals surface area contributed by atoms with Crippen LogP contribution in [0.4, 0.5) is 0 Å². The number of aromatic nitrogens is 2. The standard InChI is InChI=1S/C15H8Cl2N2/c16-13-9-5-1-3-7-11(9)18-14-10-6-2-4-8-12(10)19(17)15(13)14/h1-8H. The Kier molecular flexibility index (Phi) is 2.25. The van der Waals surface area contributed by atoms with Crippen molar-refractivity contribution in [2.75, 3.05) is 0 Å². The third-order valence-electron chi connectivity index (χ3n) is 3.37. The lowest BCUT2D eigenvalue weighted by Gasteiger charge is -2.02. The summed E-state index contributed by atoms with van der Waals surface area (Å²) in [6.07, 6.45) is 0. The van der Waals surface area contributed by atoms with Gasteiger partial charge in [0, 0.05) is 22.5 Å². The van der Waals surface area contributed by atoms with Crippen molar-refractivity contribution in [1.29, 1.82) is 0 Å². The number of hydrogen-bond acceptors (Lipinski definition) is 1. The molecule has 0 saturated carbocycles. The van der Waals surface area contributed by atoms with Crippen LogP contribution in [-0.4, -0.2) is 9.07 Å². The minimum Gasteiger partial charge on any atom is -0.249 e. The van der Waals surface area contributed by atoms with Crippen molar-refractivity contribution >= 4 is 56.2 Å². The van der Waals surface area contributed by atoms with E-state index in [9.17, 15) is 0 Å². The molecular weight excluding hydrogens is 279 g/mol. The first-order valence-corrected chi connectivity index (χ1v) is 6.62. The molecule has 0 unspecified atom stereocenters. The van der Waals surface area contributed by atoms with Crippen molar-refractivity contribution in [3.63, 3.8) is 0 Å². The van der Waals surface area contributed by atoms with Crippen LogP contribution in [0.1, 0.15) is 0 Å². The summed E-state index contributed by atoms with van der Waals surface area (Å²) >= 11 is 12.9. The molecule has 0 aliphatic rings. The van der Waals surface area contributed by atoms with E-state index in [0.717, 1.165) is 32.8 Å². The van der Waals surface area contributed by atoms with Gasteiger partial charge in [0.1, 0.15) is 5.52 Å². The first kappa shape index (κ1) is 11.1. The Labute approximate surface area is 119 Å². The Bertz CT molecular complexity index is 935. The summed E-state index contributed by atoms with van der Waals surface area (Å²) < 4.78 is 1.59. The van der Waals surface area contributed by atoms with Crippen molar-refractivity contribution < 1.29 is 0 Å². The van der Waals surface area contributed by atoms with E-state index in [1.54, 1.807) is 4.09 Å². The minimum absolute atomic E-state index is 0.645. The molecule has 2 nitrogen and oxygen atoms in total. The predicted octanol–water partition coefficient (Wildman–Crippen LogP) is 5.00. The molecule has 0 radical (unpaired) electrons. The van der Waals surface area contributed by atoms with E-state index < -0.39 is 0 Å². The summed E-state index contributed by atoms with van der Waals surface area (Å²) in [5.41, 5.74) is 3.41. The lowest BCUT2D eigenvalue weighted by molar-refractivity contribution is 1.39. The van der Waals surface area contributed by atoms with Gasteiger partial charge in [0.15, 0.2) is 0 Å². The molecule has 19 heavy (non-hydrogen) atoms. The summed E-state index contributed by atoms with van der Waals surface area (Å²) in [6, 6.07) is 15.7. The monoisotopic (exact) mass is 286 g/mol. The van der Waals surface area contributed by atoms with Crippen molar-refractivity contribution in [1.82, 2.24) is 9.07 Å². The normalized spacial score (nSPS) is 11.7. The summed E-state index contributed by atoms with van der Waals surface area (Å²) in [7, 11) is 0. The molecule has 0 atom stereocenters. The van der Waals surface area contributed by atoms with E-state index in [1.165, 1.54) is 0 Å². The number of nitrogens with zero attached hydrogens (tertiary/aromatic N) is 2. The first-order valence-electron chi connectivity index (χ1n) is 5.91. The van der Waals surface area contributed by atoms with E-state index in [-0.39, 0.29) is 0 Å². The highest BCUT2D eigenvalue weighted by molar-refractivity contribution is 6.42. The molecule has 92 valence electrons. The Hall–Kier alpha value is -1.77. The number of hydrogen-bond donors (Lipinski definition) is 0. The van der Waals surface area contributed by atoms with Crippen molar-refractivity contribution in [3.05, 3.63) is 53.6 Å². The molecule has 0 spiro atoms. The Balaban J connectivity index is 2.38. The number of halogens is 2. The summed E-state index contributed by atoms with van der Waals surface area (Å²) in [4.78, 5) is 4.70. The van der Waals surface area contributed by atoms with Crippen molar-refractivity contribution in [2.45, 2.75) is 0 Å². The number of pyridine rings is 1. The van der Waals surface area contributed by atoms with Crippen molar-refractivity contribution in [3.8, 4) is 0 Å². The molecular formula is C15H8Cl2N2. The third kappa shape index (κ3) is 1.41. The van der Waals surface area contributed by atoms with Gasteiger partial charge >= 0.3 is 0 Å². The summed E-state index contributed by atoms with van der Waals surface area (Å²) in [6.45, 7) is 0. The van der Waals surface area contributed by atoms with Gasteiger partial charge < -0.3 is 0 Å². The van der Waals surface area contributed by atoms with Crippen LogP contribution in [0.15, 0.2) is 48.5 Å². The van der Waals surface area contributed by atoms with Crippen LogP contribution in [-0.2, 0) is 0 Å². The van der Waals surface area contributed by atoms with E-state index in [1.807, 2.05) is 48.5 Å². The lowest BCUT2D eigenvalue weighted by Crippen LogP contribution is -1.85. The highest BCUT2D eigenvalue weighted by Crippen LogP contribution is 2.36. The largest absolute Gasteiger partial charge is 0.249 e. The fourth-order valence-corrected chi connectivity index (χ4v) is 3.18. The van der Waals surface area contributed by atoms with E-state index >= 15 is 0 Å². The summed E-state index contributed by atoms with van der Waals surface area (Å²) in [5, 5.41) is 2.58. The molecule has 4 aromatic rings. The van der Waals surface area contributed by atoms with Gasteiger partial charge in [-0.15, -0.1) is 0 Å². The number of rotatable bonds is 0. The molecule has 0 aliphatic heterocycles. The first-order chi connectivity index (χ1) is 9.27. The molecule has 0 aliphatic carbocycles. The van der Waals surface area contributed by atoms with E-state index in [4.69, 9.17) is 28.4 Å². The number of fused-ring (bicyclic) bond motifs is 4. The fraction of sp³-hybridized carbons (Fsp3) is 0. The third-order valence-corrected chi connectivity index (χ3v) is 4.11. The fourth-order valence-electron chi connectivity index (χ4n) is 2.49. The average molecular weight is 287 g/mol. The van der Waals surface area contributed by atoms with Gasteiger partial charge in [-0.3, -0.25) is 0 Å². The minimum atomic E-state index is 0.645. The van der Waals surface area contributed by atoms with Crippen LogP contribution in [0.25, 0.3) is 32.8 Å². The number of para-hydroxylation sites is 2. The zero-order chi connectivity index (χ0) is 13.0. The van der Waals surface area contributed by atoms with Gasteiger partial charge in [0.25, 0.3) is 0 Å². The smallest absolute Gasteiger partial charge is 0.104 e. The summed E-state index contributed by atoms with van der Waals surface area (Å²) in [5.74, 6) is 0. The topological polar surface area (TPSA) is 17.8 Å². The Morgan fingerprint density at radius 3 is 2.42 bits per heavy atom. The van der Waals surface area contributed by atoms with Gasteiger partial charge in [-0.1, -0.05) is 48.0 Å². The zero-order valence-corrected chi connectivity index (χ0v) is 11.3. The molecule has 2 heterocycles. The maximum absolute atomic E-state index is 6.51. The van der Waals surface area contributed by atoms with E-state index in [0.29, 0.717) is 5.02 Å². The van der Waals surface area contributed by atoms with Crippen LogP contribution in [0.3, 0.4) is 0 Å². The molecule has 4 heteroatoms. The van der Waals surface area contributed by atoms with Gasteiger partial charge in [-0.25, -0.2) is 9.07 Å².